The van der Waals surface area contributed by atoms with E-state index in [1.54, 1.807) is 24.3 Å². The van der Waals surface area contributed by atoms with E-state index in [9.17, 15) is 4.57 Å². The highest BCUT2D eigenvalue weighted by molar-refractivity contribution is 7.49. The van der Waals surface area contributed by atoms with Gasteiger partial charge in [-0.15, -0.1) is 19.0 Å². The molecule has 0 N–H and O–H groups in total. The first-order chi connectivity index (χ1) is 8.70. The van der Waals surface area contributed by atoms with Crippen LogP contribution in [0, 0.1) is 0 Å². The maximum absolute atomic E-state index is 11.3. The molecule has 8 heteroatoms. The lowest BCUT2D eigenvalue weighted by Gasteiger charge is -2.21. The number of fused-ring (bicyclic) bond motifs is 1. The monoisotopic (exact) mass is 272 g/mol. The van der Waals surface area contributed by atoms with Gasteiger partial charge in [-0.25, -0.2) is 4.57 Å². The molecule has 3 aliphatic rings. The van der Waals surface area contributed by atoms with E-state index in [1.807, 2.05) is 0 Å². The Morgan fingerprint density at radius 1 is 1.22 bits per heavy atom. The topological polar surface area (TPSA) is 60.5 Å². The van der Waals surface area contributed by atoms with E-state index < -0.39 is 7.82 Å². The number of hydrogen-bond acceptors (Lipinski definition) is 7. The summed E-state index contributed by atoms with van der Waals surface area (Å²) in [4.78, 5) is 0. The molecule has 3 heterocycles. The predicted molar refractivity (Wildman–Crippen MR) is 62.0 cm³/mol. The normalized spacial score (nSPS) is 29.2. The Hall–Kier alpha value is -1.11. The zero-order valence-electron chi connectivity index (χ0n) is 9.81. The lowest BCUT2D eigenvalue weighted by Crippen LogP contribution is -2.34. The van der Waals surface area contributed by atoms with E-state index in [0.717, 1.165) is 23.9 Å². The maximum Gasteiger partial charge on any atom is 0.538 e. The molecule has 0 radical (unpaired) electrons. The highest BCUT2D eigenvalue weighted by Gasteiger charge is 2.60. The predicted octanol–water partition coefficient (Wildman–Crippen LogP) is 2.82. The van der Waals surface area contributed by atoms with Crippen LogP contribution in [0.5, 0.6) is 5.75 Å². The van der Waals surface area contributed by atoms with Crippen molar-refractivity contribution in [2.75, 3.05) is 11.8 Å². The smallest absolute Gasteiger partial charge is 0.494 e. The third kappa shape index (κ3) is 2.11. The van der Waals surface area contributed by atoms with Crippen LogP contribution in [0.15, 0.2) is 24.3 Å². The van der Waals surface area contributed by atoms with Gasteiger partial charge in [0.15, 0.2) is 0 Å². The number of benzene rings is 1. The van der Waals surface area contributed by atoms with Crippen molar-refractivity contribution in [3.05, 3.63) is 24.3 Å². The number of ether oxygens (including phenoxy) is 1. The molecule has 0 unspecified atom stereocenters. The number of anilines is 1. The van der Waals surface area contributed by atoms with E-state index >= 15 is 0 Å². The maximum atomic E-state index is 11.3. The molecule has 3 fully saturated rings. The van der Waals surface area contributed by atoms with Crippen molar-refractivity contribution in [2.45, 2.75) is 19.8 Å². The third-order valence-electron chi connectivity index (χ3n) is 2.49. The number of hydrazine groups is 1. The summed E-state index contributed by atoms with van der Waals surface area (Å²) in [5.74, 6) is 0.780. The molecule has 0 aromatic heterocycles. The van der Waals surface area contributed by atoms with Crippen molar-refractivity contribution in [2.24, 2.45) is 0 Å². The number of phosphoric acid groups is 1. The van der Waals surface area contributed by atoms with Crippen molar-refractivity contribution < 1.29 is 23.2 Å². The molecule has 0 aliphatic carbocycles. The molecular formula is C10H13N2O5P. The number of nitrogens with zero attached hydrogens (tertiary/aromatic N) is 2. The van der Waals surface area contributed by atoms with E-state index in [1.165, 1.54) is 5.17 Å². The zero-order chi connectivity index (χ0) is 12.6. The van der Waals surface area contributed by atoms with Gasteiger partial charge in [0.05, 0.1) is 17.6 Å². The summed E-state index contributed by atoms with van der Waals surface area (Å²) >= 11 is 0. The summed E-state index contributed by atoms with van der Waals surface area (Å²) < 4.78 is 31.3. The minimum Gasteiger partial charge on any atom is -0.494 e. The summed E-state index contributed by atoms with van der Waals surface area (Å²) in [6, 6.07) is 7.14. The van der Waals surface area contributed by atoms with E-state index in [-0.39, 0.29) is 0 Å². The Bertz CT molecular complexity index is 470. The molecule has 0 atom stereocenters. The highest BCUT2D eigenvalue weighted by Crippen LogP contribution is 2.67. The fraction of sp³-hybridized carbons (Fsp3) is 0.400. The van der Waals surface area contributed by atoms with Gasteiger partial charge in [0.2, 0.25) is 0 Å². The summed E-state index contributed by atoms with van der Waals surface area (Å²) in [7, 11) is -3.33. The van der Waals surface area contributed by atoms with Crippen molar-refractivity contribution in [1.82, 2.24) is 5.34 Å². The fourth-order valence-corrected chi connectivity index (χ4v) is 2.43. The second kappa shape index (κ2) is 4.53. The van der Waals surface area contributed by atoms with Crippen LogP contribution in [-0.2, 0) is 18.4 Å². The number of unbranched alkanes of at least 4 members (excludes halogenated alkanes) is 1. The van der Waals surface area contributed by atoms with E-state index in [4.69, 9.17) is 18.6 Å². The van der Waals surface area contributed by atoms with Gasteiger partial charge < -0.3 is 4.74 Å². The summed E-state index contributed by atoms with van der Waals surface area (Å²) in [5.41, 5.74) is 0.646. The van der Waals surface area contributed by atoms with E-state index in [2.05, 4.69) is 6.92 Å². The lowest BCUT2D eigenvalue weighted by molar-refractivity contribution is -0.318. The first kappa shape index (κ1) is 12.0. The van der Waals surface area contributed by atoms with Crippen LogP contribution in [0.3, 0.4) is 0 Å². The molecule has 18 heavy (non-hydrogen) atoms. The van der Waals surface area contributed by atoms with Gasteiger partial charge in [0, 0.05) is 0 Å². The van der Waals surface area contributed by atoms with Gasteiger partial charge in [-0.2, -0.15) is 0 Å². The Kier molecular flexibility index (Phi) is 3.01. The zero-order valence-corrected chi connectivity index (χ0v) is 10.7. The molecule has 98 valence electrons. The van der Waals surface area contributed by atoms with Gasteiger partial charge in [0.1, 0.15) is 5.75 Å². The van der Waals surface area contributed by atoms with Crippen LogP contribution < -0.4 is 9.91 Å². The third-order valence-corrected chi connectivity index (χ3v) is 3.52. The second-order valence-corrected chi connectivity index (χ2v) is 5.28. The fourth-order valence-electron chi connectivity index (χ4n) is 1.54. The molecule has 4 rings (SSSR count). The van der Waals surface area contributed by atoms with Crippen molar-refractivity contribution in [3.63, 3.8) is 0 Å². The molecular weight excluding hydrogens is 259 g/mol. The largest absolute Gasteiger partial charge is 0.538 e. The Balaban J connectivity index is 1.63. The average molecular weight is 272 g/mol. The Morgan fingerprint density at radius 3 is 2.50 bits per heavy atom. The van der Waals surface area contributed by atoms with Crippen molar-refractivity contribution in [3.8, 4) is 5.75 Å². The van der Waals surface area contributed by atoms with Crippen LogP contribution in [-0.4, -0.2) is 11.9 Å². The van der Waals surface area contributed by atoms with Gasteiger partial charge in [0.25, 0.3) is 0 Å². The van der Waals surface area contributed by atoms with Crippen LogP contribution in [0.4, 0.5) is 5.69 Å². The SMILES string of the molecule is CCCCOc1ccc(N2OP3(=O)ON2O3)cc1. The van der Waals surface area contributed by atoms with Crippen LogP contribution in [0.25, 0.3) is 0 Å². The molecule has 0 amide bonds. The van der Waals surface area contributed by atoms with Gasteiger partial charge in [-0.05, 0) is 30.7 Å². The van der Waals surface area contributed by atoms with E-state index in [0.29, 0.717) is 12.3 Å². The second-order valence-electron chi connectivity index (χ2n) is 3.90. The minimum absolute atomic E-state index is 0.646. The van der Waals surface area contributed by atoms with Gasteiger partial charge in [-0.1, -0.05) is 13.3 Å². The quantitative estimate of drug-likeness (QED) is 0.603. The molecule has 2 bridgehead atoms. The van der Waals surface area contributed by atoms with Gasteiger partial charge >= 0.3 is 7.82 Å². The molecule has 7 nitrogen and oxygen atoms in total. The van der Waals surface area contributed by atoms with Crippen LogP contribution in [0.2, 0.25) is 0 Å². The molecule has 3 saturated heterocycles. The van der Waals surface area contributed by atoms with Crippen LogP contribution in [0.1, 0.15) is 19.8 Å². The van der Waals surface area contributed by atoms with Crippen molar-refractivity contribution >= 4 is 13.5 Å². The lowest BCUT2D eigenvalue weighted by atomic mass is 10.3. The highest BCUT2D eigenvalue weighted by atomic mass is 31.2. The summed E-state index contributed by atoms with van der Waals surface area (Å²) in [6.07, 6.45) is 2.12. The molecule has 0 saturated carbocycles. The summed E-state index contributed by atoms with van der Waals surface area (Å²) in [6.45, 7) is 2.81. The first-order valence-corrected chi connectivity index (χ1v) is 7.18. The molecule has 1 aromatic carbocycles. The van der Waals surface area contributed by atoms with Crippen molar-refractivity contribution in [1.29, 1.82) is 0 Å². The Labute approximate surface area is 104 Å². The summed E-state index contributed by atoms with van der Waals surface area (Å²) in [5, 5.41) is 2.13. The number of hydrogen-bond donors (Lipinski definition) is 0. The van der Waals surface area contributed by atoms with Gasteiger partial charge in [-0.3, -0.25) is 0 Å². The minimum atomic E-state index is -3.33. The average Bonchev–Trinajstić information content (AvgIpc) is 2.84. The Morgan fingerprint density at radius 2 is 1.94 bits per heavy atom. The number of rotatable bonds is 5. The molecule has 0 spiro atoms. The standard InChI is InChI=1S/C10H13N2O5P/c1-2-3-8-14-10-6-4-9(5-7-10)11-12-16-18(13,15-11)17-12/h4-7H,2-3,8H2,1H3. The van der Waals surface area contributed by atoms with Crippen LogP contribution >= 0.6 is 7.82 Å². The molecule has 1 aromatic rings. The molecule has 3 aliphatic heterocycles. The first-order valence-electron chi connectivity index (χ1n) is 5.72.